The zero-order valence-electron chi connectivity index (χ0n) is 71.0. The minimum atomic E-state index is -1.03. The van der Waals surface area contributed by atoms with Gasteiger partial charge in [-0.2, -0.15) is 0 Å². The average Bonchev–Trinajstić information content (AvgIpc) is 0.835. The maximum absolute atomic E-state index is 11.5. The number of para-hydroxylation sites is 4. The third-order valence-corrected chi connectivity index (χ3v) is 21.0. The molecule has 9 N–H and O–H groups in total. The number of aliphatic carboxylic acids is 3. The Morgan fingerprint density at radius 2 is 0.650 bits per heavy atom. The lowest BCUT2D eigenvalue weighted by atomic mass is 10.1. The van der Waals surface area contributed by atoms with Crippen molar-refractivity contribution in [1.82, 2.24) is 24.7 Å². The zero-order valence-corrected chi connectivity index (χ0v) is 72.5. The maximum Gasteiger partial charge on any atom is 0.320 e. The van der Waals surface area contributed by atoms with Crippen LogP contribution >= 0.6 is 23.2 Å². The molecule has 2 heterocycles. The number of aromatic nitrogens is 2. The number of nitrogens with two attached hydrogens (primary N) is 3. The Bertz CT molecular complexity index is 5300. The van der Waals surface area contributed by atoms with Gasteiger partial charge in [0.15, 0.2) is 0 Å². The summed E-state index contributed by atoms with van der Waals surface area (Å²) in [5.41, 5.74) is 37.6. The molecule has 0 radical (unpaired) electrons. The highest BCUT2D eigenvalue weighted by atomic mass is 35.5. The molecule has 2 aromatic heterocycles. The van der Waals surface area contributed by atoms with E-state index in [0.29, 0.717) is 132 Å². The first-order valence-corrected chi connectivity index (χ1v) is 41.9. The Balaban J connectivity index is 0.000000193. The molecule has 0 saturated carbocycles. The van der Waals surface area contributed by atoms with Crippen molar-refractivity contribution in [3.05, 3.63) is 377 Å². The highest BCUT2D eigenvalue weighted by molar-refractivity contribution is 6.30. The summed E-state index contributed by atoms with van der Waals surface area (Å²) in [5.74, 6) is 1.36. The standard InChI is InChI=1S/C35H40N2O4.2C33H36ClN3O4/c1-25-9-6-12-28(19-25)23-40-33-16-5-4-14-30(33)21-37(18-17-32(36)35(38)39)22-31-15-8-11-27(3)34(31)41-24-29-13-7-10-26(2)20-29;1-23-7-5-9-25(17-23)21-40-30-12-4-3-11-27(30)19-37(16-14-29(35)33(38)39)20-28-31(13-15-36-32(28)34)41-22-26-10-6-8-24(2)18-26;1-23-7-5-9-25(17-23)21-40-30-12-4-3-11-27(30)19-37(16-15-28(35)33(38)39)20-29-31(13-14-32(34)36-29)41-22-26-10-6-8-24(2)18-26/h4-16,19-20,32H,17-18,21-24,36H2,1-3H3,(H,38,39);3-13,15,17-18,29H,14,16,19-22,35H2,1-2H3,(H,38,39);3-14,17-18,28H,15-16,19-22,35H2,1-2H3,(H,38,39)/t32-;29-;28-/m000/s1. The molecule has 0 unspecified atom stereocenters. The molecule has 10 aromatic carbocycles. The van der Waals surface area contributed by atoms with E-state index in [1.165, 1.54) is 22.3 Å². The van der Waals surface area contributed by atoms with E-state index in [-0.39, 0.29) is 12.8 Å². The van der Waals surface area contributed by atoms with Crippen LogP contribution in [0, 0.1) is 48.5 Å². The molecule has 20 nitrogen and oxygen atoms in total. The van der Waals surface area contributed by atoms with Gasteiger partial charge < -0.3 is 60.9 Å². The molecule has 0 bridgehead atoms. The number of benzene rings is 10. The van der Waals surface area contributed by atoms with Gasteiger partial charge in [-0.15, -0.1) is 0 Å². The van der Waals surface area contributed by atoms with Crippen LogP contribution in [0.25, 0.3) is 0 Å². The summed E-state index contributed by atoms with van der Waals surface area (Å²) in [6.45, 7) is 21.2. The summed E-state index contributed by atoms with van der Waals surface area (Å²) >= 11 is 12.9. The van der Waals surface area contributed by atoms with Crippen molar-refractivity contribution < 1.29 is 58.1 Å². The van der Waals surface area contributed by atoms with Crippen LogP contribution in [0.2, 0.25) is 10.3 Å². The van der Waals surface area contributed by atoms with E-state index in [9.17, 15) is 29.7 Å². The number of carboxylic acid groups (broad SMARTS) is 3. The topological polar surface area (TPSA) is 281 Å². The molecule has 12 aromatic rings. The van der Waals surface area contributed by atoms with Gasteiger partial charge in [0.05, 0.1) is 5.69 Å². The molecule has 3 atom stereocenters. The van der Waals surface area contributed by atoms with E-state index in [1.807, 2.05) is 178 Å². The van der Waals surface area contributed by atoms with E-state index in [2.05, 4.69) is 137 Å². The Morgan fingerprint density at radius 1 is 0.341 bits per heavy atom. The fraction of sp³-hybridized carbons (Fsp3) is 0.277. The smallest absolute Gasteiger partial charge is 0.320 e. The van der Waals surface area contributed by atoms with E-state index in [1.54, 1.807) is 18.3 Å². The number of pyridine rings is 2. The van der Waals surface area contributed by atoms with Gasteiger partial charge in [-0.05, 0) is 143 Å². The van der Waals surface area contributed by atoms with Gasteiger partial charge in [-0.3, -0.25) is 29.1 Å². The Hall–Kier alpha value is -12.0. The third-order valence-electron chi connectivity index (χ3n) is 20.5. The molecule has 0 fully saturated rings. The largest absolute Gasteiger partial charge is 0.489 e. The van der Waals surface area contributed by atoms with Gasteiger partial charge in [0.2, 0.25) is 0 Å². The number of carbonyl (C=O) groups is 3. The van der Waals surface area contributed by atoms with Crippen molar-refractivity contribution in [2.45, 2.75) is 165 Å². The average molecular weight is 1700 g/mol. The molecule has 123 heavy (non-hydrogen) atoms. The minimum absolute atomic E-state index is 0.263. The van der Waals surface area contributed by atoms with Crippen LogP contribution in [0.1, 0.15) is 125 Å². The molecule has 0 aliphatic heterocycles. The number of hydrogen-bond acceptors (Lipinski definition) is 17. The van der Waals surface area contributed by atoms with Gasteiger partial charge in [0.25, 0.3) is 0 Å². The van der Waals surface area contributed by atoms with E-state index < -0.39 is 36.0 Å². The van der Waals surface area contributed by atoms with Crippen LogP contribution in [-0.4, -0.2) is 95.7 Å². The maximum atomic E-state index is 11.5. The number of nitrogens with zero attached hydrogens (tertiary/aromatic N) is 5. The second-order valence-electron chi connectivity index (χ2n) is 31.0. The predicted octanol–water partition coefficient (Wildman–Crippen LogP) is 19.2. The zero-order chi connectivity index (χ0) is 87.6. The number of halogens is 2. The van der Waals surface area contributed by atoms with Crippen molar-refractivity contribution >= 4 is 41.1 Å². The van der Waals surface area contributed by atoms with E-state index >= 15 is 0 Å². The monoisotopic (exact) mass is 1700 g/mol. The van der Waals surface area contributed by atoms with Crippen molar-refractivity contribution in [3.8, 4) is 34.5 Å². The third kappa shape index (κ3) is 31.2. The van der Waals surface area contributed by atoms with Gasteiger partial charge >= 0.3 is 17.9 Å². The molecular formula is C101H112Cl2N8O12. The van der Waals surface area contributed by atoms with Crippen LogP contribution in [0.15, 0.2) is 261 Å². The second-order valence-corrected chi connectivity index (χ2v) is 31.8. The Labute approximate surface area is 732 Å². The first-order chi connectivity index (χ1) is 59.3. The highest BCUT2D eigenvalue weighted by Gasteiger charge is 2.24. The lowest BCUT2D eigenvalue weighted by molar-refractivity contribution is -0.139. The van der Waals surface area contributed by atoms with Gasteiger partial charge in [0.1, 0.15) is 103 Å². The molecule has 22 heteroatoms. The summed E-state index contributed by atoms with van der Waals surface area (Å²) in [6.07, 6.45) is 2.48. The molecule has 0 aliphatic carbocycles. The molecule has 12 rings (SSSR count). The summed E-state index contributed by atoms with van der Waals surface area (Å²) in [4.78, 5) is 49.7. The summed E-state index contributed by atoms with van der Waals surface area (Å²) in [7, 11) is 0. The fourth-order valence-corrected chi connectivity index (χ4v) is 14.3. The fourth-order valence-electron chi connectivity index (χ4n) is 14.0. The number of rotatable bonds is 42. The second kappa shape index (κ2) is 48.0. The van der Waals surface area contributed by atoms with Crippen molar-refractivity contribution in [1.29, 1.82) is 0 Å². The molecular weight excluding hydrogens is 1590 g/mol. The normalized spacial score (nSPS) is 11.8. The summed E-state index contributed by atoms with van der Waals surface area (Å²) in [5, 5.41) is 28.9. The van der Waals surface area contributed by atoms with E-state index in [0.717, 1.165) is 101 Å². The highest BCUT2D eigenvalue weighted by Crippen LogP contribution is 2.33. The lowest BCUT2D eigenvalue weighted by Gasteiger charge is -2.26. The number of aryl methyl sites for hydroxylation is 7. The quantitative estimate of drug-likeness (QED) is 0.0194. The first-order valence-electron chi connectivity index (χ1n) is 41.2. The van der Waals surface area contributed by atoms with Crippen LogP contribution in [0.4, 0.5) is 0 Å². The molecule has 0 spiro atoms. The number of hydrogen-bond donors (Lipinski definition) is 6. The molecule has 0 amide bonds. The van der Waals surface area contributed by atoms with Crippen LogP contribution < -0.4 is 45.6 Å². The summed E-state index contributed by atoms with van der Waals surface area (Å²) < 4.78 is 37.5. The molecule has 642 valence electrons. The van der Waals surface area contributed by atoms with Gasteiger partial charge in [-0.1, -0.05) is 275 Å². The number of ether oxygens (including phenoxy) is 6. The van der Waals surface area contributed by atoms with Crippen LogP contribution in [-0.2, 0) is 93.3 Å². The van der Waals surface area contributed by atoms with E-state index in [4.69, 9.17) is 68.8 Å². The van der Waals surface area contributed by atoms with Gasteiger partial charge in [-0.25, -0.2) is 9.97 Å². The first kappa shape index (κ1) is 93.3. The predicted molar refractivity (Wildman–Crippen MR) is 485 cm³/mol. The van der Waals surface area contributed by atoms with Crippen molar-refractivity contribution in [2.24, 2.45) is 17.2 Å². The Kier molecular flexibility index (Phi) is 36.4. The molecule has 0 saturated heterocycles. The lowest BCUT2D eigenvalue weighted by Crippen LogP contribution is -2.35. The SMILES string of the molecule is Cc1cccc(COc2ccccc2CN(CC[C@H](N)C(=O)O)Cc2c(OCc3cccc(C)c3)ccnc2Cl)c1.Cc1cccc(COc2ccccc2CN(CC[C@H](N)C(=O)O)Cc2cccc(C)c2OCc2cccc(C)c2)c1.Cc1cccc(COc2ccccc2CN(CC[C@H](N)C(=O)O)Cc2nc(Cl)ccc2OCc2cccc(C)c2)c1. The number of carboxylic acids is 3. The van der Waals surface area contributed by atoms with Crippen molar-refractivity contribution in [3.63, 3.8) is 0 Å². The van der Waals surface area contributed by atoms with Crippen molar-refractivity contribution in [2.75, 3.05) is 19.6 Å². The van der Waals surface area contributed by atoms with Crippen LogP contribution in [0.3, 0.4) is 0 Å². The minimum Gasteiger partial charge on any atom is -0.489 e. The summed E-state index contributed by atoms with van der Waals surface area (Å²) in [6, 6.07) is 81.6. The van der Waals surface area contributed by atoms with Gasteiger partial charge in [0, 0.05) is 92.9 Å². The Morgan fingerprint density at radius 3 is 1.02 bits per heavy atom. The van der Waals surface area contributed by atoms with Crippen LogP contribution in [0.5, 0.6) is 34.5 Å². The molecule has 0 aliphatic rings.